The normalized spacial score (nSPS) is 18.9. The third kappa shape index (κ3) is 4.27. The molecule has 4 heterocycles. The van der Waals surface area contributed by atoms with Crippen LogP contribution in [0.1, 0.15) is 37.4 Å². The van der Waals surface area contributed by atoms with Crippen LogP contribution in [0.5, 0.6) is 6.01 Å². The minimum absolute atomic E-state index is 0.113. The van der Waals surface area contributed by atoms with Crippen LogP contribution < -0.4 is 10.1 Å². The van der Waals surface area contributed by atoms with Gasteiger partial charge in [-0.05, 0) is 31.7 Å². The zero-order valence-electron chi connectivity index (χ0n) is 18.6. The summed E-state index contributed by atoms with van der Waals surface area (Å²) in [5.41, 5.74) is 1.67. The van der Waals surface area contributed by atoms with E-state index in [0.717, 1.165) is 53.1 Å². The van der Waals surface area contributed by atoms with E-state index in [1.165, 1.54) is 0 Å². The predicted octanol–water partition coefficient (Wildman–Crippen LogP) is 4.25. The maximum Gasteiger partial charge on any atom is 0.433 e. The van der Waals surface area contributed by atoms with Crippen LogP contribution in [0.3, 0.4) is 0 Å². The van der Waals surface area contributed by atoms with Crippen molar-refractivity contribution in [3.8, 4) is 17.3 Å². The number of halogens is 3. The molecule has 178 valence electrons. The van der Waals surface area contributed by atoms with Crippen LogP contribution in [0.25, 0.3) is 22.2 Å². The van der Waals surface area contributed by atoms with Crippen LogP contribution in [-0.4, -0.2) is 47.7 Å². The van der Waals surface area contributed by atoms with Crippen molar-refractivity contribution in [2.24, 2.45) is 7.05 Å². The summed E-state index contributed by atoms with van der Waals surface area (Å²) < 4.78 is 48.2. The fourth-order valence-corrected chi connectivity index (χ4v) is 4.32. The maximum absolute atomic E-state index is 12.9. The number of nitrogens with zero attached hydrogens (tertiary/aromatic N) is 7. The van der Waals surface area contributed by atoms with Crippen LogP contribution in [0.2, 0.25) is 0 Å². The summed E-state index contributed by atoms with van der Waals surface area (Å²) in [4.78, 5) is 11.8. The van der Waals surface area contributed by atoms with Gasteiger partial charge in [0.15, 0.2) is 5.69 Å². The number of pyridine rings is 1. The lowest BCUT2D eigenvalue weighted by Gasteiger charge is -2.29. The molecule has 4 aromatic rings. The third-order valence-electron chi connectivity index (χ3n) is 6.01. The van der Waals surface area contributed by atoms with Gasteiger partial charge in [-0.3, -0.25) is 9.36 Å². The van der Waals surface area contributed by atoms with Gasteiger partial charge in [-0.1, -0.05) is 0 Å². The quantitative estimate of drug-likeness (QED) is 0.464. The summed E-state index contributed by atoms with van der Waals surface area (Å²) in [6.07, 6.45) is 4.59. The molecule has 1 N–H and O–H groups in total. The van der Waals surface area contributed by atoms with Gasteiger partial charge in [0.2, 0.25) is 0 Å². The van der Waals surface area contributed by atoms with Gasteiger partial charge in [-0.15, -0.1) is 0 Å². The molecule has 12 heteroatoms. The molecular formula is C22H23F3N8O. The maximum atomic E-state index is 12.9. The molecule has 0 saturated heterocycles. The second kappa shape index (κ2) is 8.58. The molecule has 0 atom stereocenters. The average molecular weight is 472 g/mol. The van der Waals surface area contributed by atoms with Gasteiger partial charge in [0.05, 0.1) is 17.8 Å². The number of hydrogen-bond acceptors (Lipinski definition) is 7. The van der Waals surface area contributed by atoms with E-state index in [1.807, 2.05) is 37.2 Å². The number of alkyl halides is 3. The van der Waals surface area contributed by atoms with Crippen molar-refractivity contribution in [2.75, 3.05) is 12.4 Å². The lowest BCUT2D eigenvalue weighted by atomic mass is 9.93. The summed E-state index contributed by atoms with van der Waals surface area (Å²) in [5.74, 6) is 0.741. The number of aryl methyl sites for hydroxylation is 1. The first-order chi connectivity index (χ1) is 16.3. The van der Waals surface area contributed by atoms with Crippen LogP contribution >= 0.6 is 0 Å². The van der Waals surface area contributed by atoms with Crippen LogP contribution in [0.4, 0.5) is 19.0 Å². The van der Waals surface area contributed by atoms with E-state index >= 15 is 0 Å². The smallest absolute Gasteiger partial charge is 0.433 e. The van der Waals surface area contributed by atoms with E-state index in [-0.39, 0.29) is 18.2 Å². The topological polar surface area (TPSA) is 95.6 Å². The van der Waals surface area contributed by atoms with Crippen molar-refractivity contribution in [1.29, 1.82) is 0 Å². The van der Waals surface area contributed by atoms with E-state index < -0.39 is 11.9 Å². The highest BCUT2D eigenvalue weighted by atomic mass is 19.4. The Kier molecular flexibility index (Phi) is 5.58. The van der Waals surface area contributed by atoms with Gasteiger partial charge >= 0.3 is 12.2 Å². The molecule has 9 nitrogen and oxygen atoms in total. The average Bonchev–Trinajstić information content (AvgIpc) is 3.42. The molecule has 0 spiro atoms. The number of fused-ring (bicyclic) bond motifs is 1. The number of anilines is 1. The Labute approximate surface area is 193 Å². The molecule has 1 aliphatic carbocycles. The number of nitrogens with one attached hydrogen (secondary N) is 1. The van der Waals surface area contributed by atoms with Crippen molar-refractivity contribution in [3.63, 3.8) is 0 Å². The molecule has 0 aromatic carbocycles. The molecule has 1 aliphatic rings. The van der Waals surface area contributed by atoms with Crippen molar-refractivity contribution in [1.82, 2.24) is 34.5 Å². The molecule has 1 fully saturated rings. The van der Waals surface area contributed by atoms with E-state index in [1.54, 1.807) is 10.9 Å². The monoisotopic (exact) mass is 472 g/mol. The number of aromatic nitrogens is 7. The molecule has 0 radical (unpaired) electrons. The van der Waals surface area contributed by atoms with Crippen molar-refractivity contribution in [2.45, 2.75) is 44.0 Å². The van der Waals surface area contributed by atoms with E-state index in [0.29, 0.717) is 12.8 Å². The van der Waals surface area contributed by atoms with Gasteiger partial charge in [0.25, 0.3) is 0 Å². The van der Waals surface area contributed by atoms with Crippen LogP contribution in [0.15, 0.2) is 36.9 Å². The minimum Gasteiger partial charge on any atom is -0.460 e. The predicted molar refractivity (Wildman–Crippen MR) is 118 cm³/mol. The van der Waals surface area contributed by atoms with E-state index in [2.05, 4.69) is 25.4 Å². The SMILES string of the molecule is CNc1cc2c(cn1)c(-c1cnn(C)c1)nn2[C@H]1CC[C@@H](Oc2nccc(C(F)(F)F)n2)CC1. The molecule has 0 amide bonds. The van der Waals surface area contributed by atoms with Crippen LogP contribution in [0, 0.1) is 0 Å². The fraction of sp³-hybridized carbons (Fsp3) is 0.409. The molecule has 0 aliphatic heterocycles. The van der Waals surface area contributed by atoms with E-state index in [9.17, 15) is 13.2 Å². The Balaban J connectivity index is 1.37. The zero-order valence-corrected chi connectivity index (χ0v) is 18.6. The molecule has 4 aromatic heterocycles. The summed E-state index contributed by atoms with van der Waals surface area (Å²) in [6, 6.07) is 2.68. The van der Waals surface area contributed by atoms with Gasteiger partial charge in [-0.25, -0.2) is 9.97 Å². The highest BCUT2D eigenvalue weighted by Gasteiger charge is 2.33. The summed E-state index contributed by atoms with van der Waals surface area (Å²) in [5, 5.41) is 13.2. The fourth-order valence-electron chi connectivity index (χ4n) is 4.32. The number of ether oxygens (including phenoxy) is 1. The summed E-state index contributed by atoms with van der Waals surface area (Å²) >= 11 is 0. The standard InChI is InChI=1S/C22H23F3N8O/c1-26-19-9-17-16(11-28-19)20(13-10-29-32(2)12-13)31-33(17)14-3-5-15(6-4-14)34-21-27-8-7-18(30-21)22(23,24)25/h7-12,14-15H,3-6H2,1-2H3,(H,26,28)/t14-,15+. The first-order valence-corrected chi connectivity index (χ1v) is 10.9. The Morgan fingerprint density at radius 1 is 1.12 bits per heavy atom. The van der Waals surface area contributed by atoms with Gasteiger partial charge in [-0.2, -0.15) is 28.4 Å². The Morgan fingerprint density at radius 2 is 1.91 bits per heavy atom. The largest absolute Gasteiger partial charge is 0.460 e. The van der Waals surface area contributed by atoms with Crippen molar-refractivity contribution >= 4 is 16.7 Å². The zero-order chi connectivity index (χ0) is 23.9. The first-order valence-electron chi connectivity index (χ1n) is 10.9. The molecule has 0 unspecified atom stereocenters. The van der Waals surface area contributed by atoms with Gasteiger partial charge in [0.1, 0.15) is 17.6 Å². The lowest BCUT2D eigenvalue weighted by Crippen LogP contribution is -2.27. The van der Waals surface area contributed by atoms with Crippen molar-refractivity contribution in [3.05, 3.63) is 42.6 Å². The van der Waals surface area contributed by atoms with Gasteiger partial charge in [0, 0.05) is 49.7 Å². The first kappa shape index (κ1) is 22.1. The Morgan fingerprint density at radius 3 is 2.59 bits per heavy atom. The van der Waals surface area contributed by atoms with Gasteiger partial charge < -0.3 is 10.1 Å². The molecular weight excluding hydrogens is 449 g/mol. The number of rotatable bonds is 5. The molecule has 5 rings (SSSR count). The second-order valence-electron chi connectivity index (χ2n) is 8.30. The lowest BCUT2D eigenvalue weighted by molar-refractivity contribution is -0.141. The van der Waals surface area contributed by atoms with E-state index in [4.69, 9.17) is 9.84 Å². The highest BCUT2D eigenvalue weighted by molar-refractivity contribution is 5.93. The van der Waals surface area contributed by atoms with Crippen molar-refractivity contribution < 1.29 is 17.9 Å². The van der Waals surface area contributed by atoms with Crippen LogP contribution in [-0.2, 0) is 13.2 Å². The minimum atomic E-state index is -4.53. The second-order valence-corrected chi connectivity index (χ2v) is 8.30. The molecule has 34 heavy (non-hydrogen) atoms. The number of hydrogen-bond donors (Lipinski definition) is 1. The third-order valence-corrected chi connectivity index (χ3v) is 6.01. The Bertz CT molecular complexity index is 1310. The summed E-state index contributed by atoms with van der Waals surface area (Å²) in [6.45, 7) is 0. The Hall–Kier alpha value is -3.70. The highest BCUT2D eigenvalue weighted by Crippen LogP contribution is 2.36. The summed E-state index contributed by atoms with van der Waals surface area (Å²) in [7, 11) is 3.67. The molecule has 0 bridgehead atoms. The molecule has 1 saturated carbocycles.